The predicted octanol–water partition coefficient (Wildman–Crippen LogP) is 0.993. The molecule has 0 spiro atoms. The molecular weight excluding hydrogens is 252 g/mol. The monoisotopic (exact) mass is 280 g/mol. The summed E-state index contributed by atoms with van der Waals surface area (Å²) in [6.45, 7) is 10.9. The van der Waals surface area contributed by atoms with Gasteiger partial charge in [-0.1, -0.05) is 6.92 Å². The minimum Gasteiger partial charge on any atom is -0.352 e. The molecule has 1 fully saturated rings. The summed E-state index contributed by atoms with van der Waals surface area (Å²) < 4.78 is 0. The van der Waals surface area contributed by atoms with Crippen molar-refractivity contribution < 1.29 is 4.79 Å². The van der Waals surface area contributed by atoms with Gasteiger partial charge in [0.1, 0.15) is 0 Å². The molecule has 5 heteroatoms. The van der Waals surface area contributed by atoms with Crippen molar-refractivity contribution in [2.75, 3.05) is 19.6 Å². The zero-order valence-electron chi connectivity index (χ0n) is 13.1. The number of carbonyl (C=O) groups excluding carboxylic acids is 1. The standard InChI is InChI=1S/C15H28N4O/c1-5-16-13-6-11(7-13)8-17-14(20)12-9-18-19(10-12)15(2,3)4/h10-11,13,16,18H,5-9H2,1-4H3,(H,17,20). The van der Waals surface area contributed by atoms with Crippen molar-refractivity contribution >= 4 is 5.91 Å². The summed E-state index contributed by atoms with van der Waals surface area (Å²) in [4.78, 5) is 12.1. The number of amides is 1. The van der Waals surface area contributed by atoms with E-state index in [0.29, 0.717) is 18.5 Å². The number of hydrazine groups is 1. The Morgan fingerprint density at radius 1 is 1.45 bits per heavy atom. The predicted molar refractivity (Wildman–Crippen MR) is 80.9 cm³/mol. The fourth-order valence-corrected chi connectivity index (χ4v) is 2.70. The highest BCUT2D eigenvalue weighted by atomic mass is 16.1. The molecule has 0 unspecified atom stereocenters. The van der Waals surface area contributed by atoms with Crippen molar-refractivity contribution in [3.05, 3.63) is 11.8 Å². The normalized spacial score (nSPS) is 26.2. The number of hydrogen-bond acceptors (Lipinski definition) is 4. The van der Waals surface area contributed by atoms with Crippen LogP contribution in [0.5, 0.6) is 0 Å². The third kappa shape index (κ3) is 3.73. The highest BCUT2D eigenvalue weighted by molar-refractivity contribution is 5.94. The van der Waals surface area contributed by atoms with E-state index in [2.05, 4.69) is 43.8 Å². The van der Waals surface area contributed by atoms with Gasteiger partial charge in [0, 0.05) is 36.4 Å². The molecule has 5 nitrogen and oxygen atoms in total. The molecule has 0 radical (unpaired) electrons. The van der Waals surface area contributed by atoms with Gasteiger partial charge in [-0.3, -0.25) is 4.79 Å². The molecule has 0 aromatic heterocycles. The van der Waals surface area contributed by atoms with Crippen LogP contribution in [0.1, 0.15) is 40.5 Å². The molecule has 0 aromatic rings. The van der Waals surface area contributed by atoms with E-state index >= 15 is 0 Å². The Morgan fingerprint density at radius 2 is 2.15 bits per heavy atom. The molecule has 1 aliphatic carbocycles. The minimum absolute atomic E-state index is 0.00491. The van der Waals surface area contributed by atoms with Gasteiger partial charge in [0.2, 0.25) is 5.91 Å². The Hall–Kier alpha value is -1.07. The van der Waals surface area contributed by atoms with Gasteiger partial charge in [-0.2, -0.15) is 0 Å². The summed E-state index contributed by atoms with van der Waals surface area (Å²) in [5.41, 5.74) is 4.05. The van der Waals surface area contributed by atoms with Crippen LogP contribution in [0.15, 0.2) is 11.8 Å². The molecule has 114 valence electrons. The second-order valence-electron chi connectivity index (χ2n) is 6.83. The molecule has 1 heterocycles. The lowest BCUT2D eigenvalue weighted by atomic mass is 9.80. The summed E-state index contributed by atoms with van der Waals surface area (Å²) in [7, 11) is 0. The second-order valence-corrected chi connectivity index (χ2v) is 6.83. The van der Waals surface area contributed by atoms with Crippen molar-refractivity contribution in [2.45, 2.75) is 52.1 Å². The number of nitrogens with zero attached hydrogens (tertiary/aromatic N) is 1. The maximum absolute atomic E-state index is 12.1. The Balaban J connectivity index is 1.71. The molecular formula is C15H28N4O. The van der Waals surface area contributed by atoms with Gasteiger partial charge < -0.3 is 15.6 Å². The van der Waals surface area contributed by atoms with Crippen molar-refractivity contribution in [1.82, 2.24) is 21.1 Å². The molecule has 1 amide bonds. The first-order chi connectivity index (χ1) is 9.40. The fourth-order valence-electron chi connectivity index (χ4n) is 2.70. The summed E-state index contributed by atoms with van der Waals surface area (Å²) in [5, 5.41) is 8.50. The van der Waals surface area contributed by atoms with Crippen molar-refractivity contribution in [3.8, 4) is 0 Å². The topological polar surface area (TPSA) is 56.4 Å². The van der Waals surface area contributed by atoms with E-state index in [0.717, 1.165) is 18.7 Å². The first-order valence-electron chi connectivity index (χ1n) is 7.65. The largest absolute Gasteiger partial charge is 0.352 e. The Labute approximate surface area is 122 Å². The van der Waals surface area contributed by atoms with Crippen LogP contribution in [0.2, 0.25) is 0 Å². The van der Waals surface area contributed by atoms with Crippen LogP contribution >= 0.6 is 0 Å². The first kappa shape index (κ1) is 15.3. The summed E-state index contributed by atoms with van der Waals surface area (Å²) in [5.74, 6) is 0.702. The second kappa shape index (κ2) is 6.14. The highest BCUT2D eigenvalue weighted by Crippen LogP contribution is 2.26. The Morgan fingerprint density at radius 3 is 2.70 bits per heavy atom. The van der Waals surface area contributed by atoms with E-state index in [1.807, 2.05) is 11.2 Å². The average molecular weight is 280 g/mol. The zero-order chi connectivity index (χ0) is 14.8. The van der Waals surface area contributed by atoms with E-state index in [4.69, 9.17) is 0 Å². The minimum atomic E-state index is -0.00491. The van der Waals surface area contributed by atoms with Crippen molar-refractivity contribution in [1.29, 1.82) is 0 Å². The molecule has 0 atom stereocenters. The van der Waals surface area contributed by atoms with Crippen molar-refractivity contribution in [2.24, 2.45) is 5.92 Å². The van der Waals surface area contributed by atoms with Gasteiger partial charge in [-0.15, -0.1) is 0 Å². The molecule has 0 bridgehead atoms. The third-order valence-electron chi connectivity index (χ3n) is 4.02. The first-order valence-corrected chi connectivity index (χ1v) is 7.65. The fraction of sp³-hybridized carbons (Fsp3) is 0.800. The summed E-state index contributed by atoms with van der Waals surface area (Å²) in [6, 6.07) is 0.658. The zero-order valence-corrected chi connectivity index (χ0v) is 13.1. The number of nitrogens with one attached hydrogen (secondary N) is 3. The van der Waals surface area contributed by atoms with E-state index in [1.165, 1.54) is 12.8 Å². The Kier molecular flexibility index (Phi) is 4.70. The lowest BCUT2D eigenvalue weighted by Gasteiger charge is -2.35. The number of rotatable bonds is 5. The third-order valence-corrected chi connectivity index (χ3v) is 4.02. The van der Waals surface area contributed by atoms with Gasteiger partial charge >= 0.3 is 0 Å². The van der Waals surface area contributed by atoms with Crippen LogP contribution in [0.3, 0.4) is 0 Å². The van der Waals surface area contributed by atoms with Gasteiger partial charge in [0.25, 0.3) is 0 Å². The molecule has 20 heavy (non-hydrogen) atoms. The molecule has 1 aliphatic heterocycles. The lowest BCUT2D eigenvalue weighted by Crippen LogP contribution is -2.45. The molecule has 2 aliphatic rings. The van der Waals surface area contributed by atoms with E-state index < -0.39 is 0 Å². The van der Waals surface area contributed by atoms with Crippen LogP contribution in [0.4, 0.5) is 0 Å². The highest BCUT2D eigenvalue weighted by Gasteiger charge is 2.30. The number of hydrogen-bond donors (Lipinski definition) is 3. The van der Waals surface area contributed by atoms with E-state index in [-0.39, 0.29) is 11.4 Å². The molecule has 0 saturated heterocycles. The molecule has 1 saturated carbocycles. The van der Waals surface area contributed by atoms with Gasteiger partial charge in [0.05, 0.1) is 0 Å². The van der Waals surface area contributed by atoms with Crippen LogP contribution in [-0.4, -0.2) is 42.1 Å². The van der Waals surface area contributed by atoms with E-state index in [9.17, 15) is 4.79 Å². The Bertz CT molecular complexity index is 380. The summed E-state index contributed by atoms with van der Waals surface area (Å²) >= 11 is 0. The molecule has 3 N–H and O–H groups in total. The summed E-state index contributed by atoms with van der Waals surface area (Å²) in [6.07, 6.45) is 4.29. The SMILES string of the molecule is CCNC1CC(CNC(=O)C2=CN(C(C)(C)C)NC2)C1. The van der Waals surface area contributed by atoms with Crippen LogP contribution in [-0.2, 0) is 4.79 Å². The van der Waals surface area contributed by atoms with Crippen LogP contribution in [0.25, 0.3) is 0 Å². The number of carbonyl (C=O) groups is 1. The van der Waals surface area contributed by atoms with Gasteiger partial charge in [0.15, 0.2) is 0 Å². The lowest BCUT2D eigenvalue weighted by molar-refractivity contribution is -0.117. The quantitative estimate of drug-likeness (QED) is 0.703. The van der Waals surface area contributed by atoms with Gasteiger partial charge in [-0.05, 0) is 46.1 Å². The van der Waals surface area contributed by atoms with Crippen molar-refractivity contribution in [3.63, 3.8) is 0 Å². The molecule has 0 aromatic carbocycles. The van der Waals surface area contributed by atoms with Gasteiger partial charge in [-0.25, -0.2) is 5.43 Å². The van der Waals surface area contributed by atoms with Crippen LogP contribution in [0, 0.1) is 5.92 Å². The molecule has 2 rings (SSSR count). The smallest absolute Gasteiger partial charge is 0.250 e. The average Bonchev–Trinajstić information content (AvgIpc) is 2.80. The maximum atomic E-state index is 12.1. The maximum Gasteiger partial charge on any atom is 0.250 e. The van der Waals surface area contributed by atoms with Crippen LogP contribution < -0.4 is 16.1 Å². The van der Waals surface area contributed by atoms with E-state index in [1.54, 1.807) is 0 Å².